The van der Waals surface area contributed by atoms with Crippen LogP contribution in [0.3, 0.4) is 0 Å². The molecule has 0 bridgehead atoms. The van der Waals surface area contributed by atoms with Crippen LogP contribution in [0.5, 0.6) is 0 Å². The number of carbonyl (C=O) groups excluding carboxylic acids is 1. The average molecular weight is 377 g/mol. The van der Waals surface area contributed by atoms with E-state index in [9.17, 15) is 4.79 Å². The molecule has 1 aliphatic heterocycles. The first kappa shape index (κ1) is 18.7. The fourth-order valence-corrected chi connectivity index (χ4v) is 3.85. The van der Waals surface area contributed by atoms with Crippen LogP contribution >= 0.6 is 0 Å². The number of nitrogens with one attached hydrogen (secondary N) is 1. The number of hydrogen-bond donors (Lipinski definition) is 1. The maximum Gasteiger partial charge on any atom is 0.227 e. The van der Waals surface area contributed by atoms with Crippen molar-refractivity contribution in [3.63, 3.8) is 0 Å². The molecule has 4 rings (SSSR count). The van der Waals surface area contributed by atoms with Gasteiger partial charge in [0.1, 0.15) is 5.76 Å². The van der Waals surface area contributed by atoms with Gasteiger partial charge in [-0.3, -0.25) is 9.69 Å². The van der Waals surface area contributed by atoms with E-state index in [1.807, 2.05) is 25.1 Å². The van der Waals surface area contributed by atoms with Gasteiger partial charge in [0.25, 0.3) is 0 Å². The van der Waals surface area contributed by atoms with Crippen molar-refractivity contribution in [1.82, 2.24) is 15.2 Å². The van der Waals surface area contributed by atoms with Crippen molar-refractivity contribution in [1.29, 1.82) is 0 Å². The second-order valence-corrected chi connectivity index (χ2v) is 7.87. The smallest absolute Gasteiger partial charge is 0.227 e. The van der Waals surface area contributed by atoms with E-state index in [4.69, 9.17) is 9.40 Å². The topological polar surface area (TPSA) is 58.4 Å². The Morgan fingerprint density at radius 2 is 2.00 bits per heavy atom. The van der Waals surface area contributed by atoms with E-state index in [1.54, 1.807) is 0 Å². The number of oxazole rings is 1. The predicted octanol–water partition coefficient (Wildman–Crippen LogP) is 4.29. The van der Waals surface area contributed by atoms with Gasteiger partial charge in [-0.25, -0.2) is 4.98 Å². The Hall–Kier alpha value is -2.66. The summed E-state index contributed by atoms with van der Waals surface area (Å²) >= 11 is 0. The van der Waals surface area contributed by atoms with Crippen molar-refractivity contribution in [2.24, 2.45) is 0 Å². The predicted molar refractivity (Wildman–Crippen MR) is 111 cm³/mol. The second-order valence-electron chi connectivity index (χ2n) is 7.87. The molecule has 1 aromatic heterocycles. The van der Waals surface area contributed by atoms with Gasteiger partial charge in [0.15, 0.2) is 0 Å². The molecule has 146 valence electrons. The standard InChI is InChI=1S/C23H27N3O2/c1-15(2)26(13-18-11-12-22(27)24-18)14-21-16(3)28-23(25-21)20-10-6-8-17-7-4-5-9-19(17)20/h4-10,15,18H,11-14H2,1-3H3,(H,24,27)/t18-/m0/s1. The summed E-state index contributed by atoms with van der Waals surface area (Å²) in [6.45, 7) is 7.88. The van der Waals surface area contributed by atoms with Crippen molar-refractivity contribution in [3.05, 3.63) is 53.9 Å². The van der Waals surface area contributed by atoms with Gasteiger partial charge >= 0.3 is 0 Å². The molecular weight excluding hydrogens is 350 g/mol. The first-order valence-corrected chi connectivity index (χ1v) is 9.99. The molecule has 2 heterocycles. The van der Waals surface area contributed by atoms with Gasteiger partial charge < -0.3 is 9.73 Å². The lowest BCUT2D eigenvalue weighted by molar-refractivity contribution is -0.119. The van der Waals surface area contributed by atoms with Crippen molar-refractivity contribution in [2.75, 3.05) is 6.54 Å². The molecule has 28 heavy (non-hydrogen) atoms. The maximum absolute atomic E-state index is 11.5. The Bertz CT molecular complexity index is 987. The third-order valence-corrected chi connectivity index (χ3v) is 5.54. The molecule has 0 saturated carbocycles. The Morgan fingerprint density at radius 3 is 2.75 bits per heavy atom. The molecule has 1 amide bonds. The van der Waals surface area contributed by atoms with Crippen molar-refractivity contribution in [3.8, 4) is 11.5 Å². The number of aryl methyl sites for hydroxylation is 1. The van der Waals surface area contributed by atoms with Crippen LogP contribution in [0.15, 0.2) is 46.9 Å². The zero-order valence-corrected chi connectivity index (χ0v) is 16.7. The molecule has 0 radical (unpaired) electrons. The van der Waals surface area contributed by atoms with Crippen molar-refractivity contribution in [2.45, 2.75) is 52.2 Å². The maximum atomic E-state index is 11.5. The molecule has 2 aromatic carbocycles. The normalized spacial score (nSPS) is 17.0. The SMILES string of the molecule is Cc1oc(-c2cccc3ccccc23)nc1CN(C[C@@H]1CCC(=O)N1)C(C)C. The van der Waals surface area contributed by atoms with Crippen LogP contribution < -0.4 is 5.32 Å². The van der Waals surface area contributed by atoms with E-state index in [2.05, 4.69) is 48.3 Å². The quantitative estimate of drug-likeness (QED) is 0.696. The Labute approximate surface area is 165 Å². The van der Waals surface area contributed by atoms with Gasteiger partial charge in [-0.2, -0.15) is 0 Å². The summed E-state index contributed by atoms with van der Waals surface area (Å²) < 4.78 is 6.07. The zero-order valence-electron chi connectivity index (χ0n) is 16.7. The van der Waals surface area contributed by atoms with Gasteiger partial charge in [0.2, 0.25) is 11.8 Å². The van der Waals surface area contributed by atoms with Crippen LogP contribution in [0.25, 0.3) is 22.2 Å². The fourth-order valence-electron chi connectivity index (χ4n) is 3.85. The highest BCUT2D eigenvalue weighted by molar-refractivity contribution is 5.94. The van der Waals surface area contributed by atoms with Crippen molar-refractivity contribution >= 4 is 16.7 Å². The Kier molecular flexibility index (Phi) is 5.18. The molecule has 1 aliphatic rings. The molecule has 5 heteroatoms. The molecule has 1 atom stereocenters. The lowest BCUT2D eigenvalue weighted by Crippen LogP contribution is -2.41. The van der Waals surface area contributed by atoms with Crippen LogP contribution in [0, 0.1) is 6.92 Å². The number of aromatic nitrogens is 1. The molecule has 1 N–H and O–H groups in total. The van der Waals surface area contributed by atoms with Gasteiger partial charge in [-0.15, -0.1) is 0 Å². The first-order chi connectivity index (χ1) is 13.5. The lowest BCUT2D eigenvalue weighted by Gasteiger charge is -2.28. The molecular formula is C23H27N3O2. The Morgan fingerprint density at radius 1 is 1.21 bits per heavy atom. The monoisotopic (exact) mass is 377 g/mol. The van der Waals surface area contributed by atoms with Crippen LogP contribution in [0.2, 0.25) is 0 Å². The third-order valence-electron chi connectivity index (χ3n) is 5.54. The molecule has 0 spiro atoms. The first-order valence-electron chi connectivity index (χ1n) is 9.99. The summed E-state index contributed by atoms with van der Waals surface area (Å²) in [6.07, 6.45) is 1.53. The highest BCUT2D eigenvalue weighted by Gasteiger charge is 2.25. The number of fused-ring (bicyclic) bond motifs is 1. The molecule has 1 saturated heterocycles. The largest absolute Gasteiger partial charge is 0.441 e. The number of benzene rings is 2. The highest BCUT2D eigenvalue weighted by atomic mass is 16.4. The van der Waals surface area contributed by atoms with E-state index in [-0.39, 0.29) is 11.9 Å². The van der Waals surface area contributed by atoms with Gasteiger partial charge in [-0.05, 0) is 44.0 Å². The molecule has 0 aliphatic carbocycles. The Balaban J connectivity index is 1.59. The van der Waals surface area contributed by atoms with Gasteiger partial charge in [-0.1, -0.05) is 36.4 Å². The number of nitrogens with zero attached hydrogens (tertiary/aromatic N) is 2. The molecule has 1 fully saturated rings. The molecule has 0 unspecified atom stereocenters. The fraction of sp³-hybridized carbons (Fsp3) is 0.391. The summed E-state index contributed by atoms with van der Waals surface area (Å²) in [5.41, 5.74) is 1.98. The van der Waals surface area contributed by atoms with Crippen LogP contribution in [0.1, 0.15) is 38.1 Å². The van der Waals surface area contributed by atoms with Gasteiger partial charge in [0, 0.05) is 37.2 Å². The minimum Gasteiger partial charge on any atom is -0.441 e. The summed E-state index contributed by atoms with van der Waals surface area (Å²) in [5, 5.41) is 5.39. The highest BCUT2D eigenvalue weighted by Crippen LogP contribution is 2.30. The third kappa shape index (κ3) is 3.80. The van der Waals surface area contributed by atoms with Crippen LogP contribution in [-0.2, 0) is 11.3 Å². The van der Waals surface area contributed by atoms with E-state index >= 15 is 0 Å². The second kappa shape index (κ2) is 7.76. The van der Waals surface area contributed by atoms with E-state index < -0.39 is 0 Å². The number of rotatable bonds is 6. The minimum atomic E-state index is 0.157. The zero-order chi connectivity index (χ0) is 19.7. The summed E-state index contributed by atoms with van der Waals surface area (Å²) in [5.74, 6) is 1.68. The summed E-state index contributed by atoms with van der Waals surface area (Å²) in [4.78, 5) is 18.7. The number of hydrogen-bond acceptors (Lipinski definition) is 4. The average Bonchev–Trinajstić information content (AvgIpc) is 3.26. The summed E-state index contributed by atoms with van der Waals surface area (Å²) in [7, 11) is 0. The van der Waals surface area contributed by atoms with Gasteiger partial charge in [0.05, 0.1) is 5.69 Å². The minimum absolute atomic E-state index is 0.157. The summed E-state index contributed by atoms with van der Waals surface area (Å²) in [6, 6.07) is 15.1. The van der Waals surface area contributed by atoms with Crippen LogP contribution in [0.4, 0.5) is 0 Å². The molecule has 5 nitrogen and oxygen atoms in total. The lowest BCUT2D eigenvalue weighted by atomic mass is 10.0. The number of carbonyl (C=O) groups is 1. The van der Waals surface area contributed by atoms with Crippen molar-refractivity contribution < 1.29 is 9.21 Å². The van der Waals surface area contributed by atoms with Crippen LogP contribution in [-0.4, -0.2) is 34.4 Å². The van der Waals surface area contributed by atoms with E-state index in [1.165, 1.54) is 5.39 Å². The molecule has 3 aromatic rings. The van der Waals surface area contributed by atoms with E-state index in [0.717, 1.165) is 35.4 Å². The number of amides is 1. The van der Waals surface area contributed by atoms with E-state index in [0.29, 0.717) is 24.9 Å².